The molecule has 1 aromatic heterocycles. The number of alkyl halides is 3. The maximum Gasteiger partial charge on any atom is 0.435 e. The molecule has 0 aromatic carbocycles. The molecule has 8 heteroatoms. The highest BCUT2D eigenvalue weighted by molar-refractivity contribution is 5.85. The van der Waals surface area contributed by atoms with Crippen LogP contribution in [0.1, 0.15) is 37.1 Å². The van der Waals surface area contributed by atoms with Crippen LogP contribution in [0.2, 0.25) is 0 Å². The summed E-state index contributed by atoms with van der Waals surface area (Å²) in [5.41, 5.74) is -0.301. The molecule has 0 atom stereocenters. The van der Waals surface area contributed by atoms with Gasteiger partial charge in [-0.2, -0.15) is 18.3 Å². The van der Waals surface area contributed by atoms with Gasteiger partial charge < -0.3 is 5.32 Å². The predicted molar refractivity (Wildman–Crippen MR) is 79.9 cm³/mol. The minimum Gasteiger partial charge on any atom is -0.314 e. The fourth-order valence-corrected chi connectivity index (χ4v) is 2.78. The Morgan fingerprint density at radius 3 is 2.45 bits per heavy atom. The van der Waals surface area contributed by atoms with E-state index in [-0.39, 0.29) is 12.4 Å². The first kappa shape index (κ1) is 17.6. The molecule has 1 aromatic rings. The summed E-state index contributed by atoms with van der Waals surface area (Å²) < 4.78 is 37.4. The Morgan fingerprint density at radius 2 is 1.91 bits per heavy atom. The van der Waals surface area contributed by atoms with Crippen LogP contribution in [0, 0.1) is 5.92 Å². The first-order valence-corrected chi connectivity index (χ1v) is 7.58. The van der Waals surface area contributed by atoms with E-state index >= 15 is 0 Å². The Kier molecular flexibility index (Phi) is 5.74. The average Bonchev–Trinajstić information content (AvgIpc) is 3.14. The lowest BCUT2D eigenvalue weighted by Gasteiger charge is -2.32. The summed E-state index contributed by atoms with van der Waals surface area (Å²) in [5.74, 6) is 0.883. The number of piperidine rings is 1. The van der Waals surface area contributed by atoms with Gasteiger partial charge in [-0.25, -0.2) is 0 Å². The molecule has 22 heavy (non-hydrogen) atoms. The molecule has 1 aliphatic carbocycles. The molecule has 2 fully saturated rings. The Hall–Kier alpha value is -0.790. The Labute approximate surface area is 134 Å². The summed E-state index contributed by atoms with van der Waals surface area (Å²) in [7, 11) is 0. The van der Waals surface area contributed by atoms with E-state index in [1.165, 1.54) is 12.8 Å². The molecule has 0 amide bonds. The number of halogens is 4. The lowest BCUT2D eigenvalue weighted by atomic mass is 10.0. The van der Waals surface area contributed by atoms with Crippen molar-refractivity contribution in [2.45, 2.75) is 44.4 Å². The lowest BCUT2D eigenvalue weighted by Crippen LogP contribution is -2.42. The molecule has 3 rings (SSSR count). The van der Waals surface area contributed by atoms with Gasteiger partial charge in [0, 0.05) is 31.4 Å². The molecule has 2 heterocycles. The molecular formula is C14H22ClF3N4. The second-order valence-electron chi connectivity index (χ2n) is 6.18. The number of H-pyrrole nitrogens is 1. The number of hydrogen-bond donors (Lipinski definition) is 2. The van der Waals surface area contributed by atoms with Crippen molar-refractivity contribution in [2.75, 3.05) is 19.6 Å². The van der Waals surface area contributed by atoms with Crippen LogP contribution in [0.4, 0.5) is 13.2 Å². The molecule has 0 radical (unpaired) electrons. The van der Waals surface area contributed by atoms with Gasteiger partial charge in [0.25, 0.3) is 0 Å². The van der Waals surface area contributed by atoms with Crippen LogP contribution in [-0.4, -0.2) is 40.8 Å². The van der Waals surface area contributed by atoms with Gasteiger partial charge in [0.2, 0.25) is 0 Å². The van der Waals surface area contributed by atoms with Crippen molar-refractivity contribution < 1.29 is 13.2 Å². The van der Waals surface area contributed by atoms with E-state index in [1.807, 2.05) is 0 Å². The Balaban J connectivity index is 0.00000176. The topological polar surface area (TPSA) is 44.0 Å². The zero-order valence-electron chi connectivity index (χ0n) is 12.3. The Bertz CT molecular complexity index is 465. The standard InChI is InChI=1S/C14H21F3N4.ClH/c15-14(16,17)13-7-12(19-20-13)9-21-5-3-11(4-6-21)18-8-10-1-2-10;/h7,10-11,18H,1-6,8-9H2,(H,19,20);1H. The van der Waals surface area contributed by atoms with Crippen LogP contribution in [0.5, 0.6) is 0 Å². The number of rotatable bonds is 5. The van der Waals surface area contributed by atoms with Gasteiger partial charge in [-0.3, -0.25) is 10.00 Å². The smallest absolute Gasteiger partial charge is 0.314 e. The molecular weight excluding hydrogens is 317 g/mol. The van der Waals surface area contributed by atoms with Gasteiger partial charge >= 0.3 is 6.18 Å². The van der Waals surface area contributed by atoms with Crippen molar-refractivity contribution in [3.8, 4) is 0 Å². The van der Waals surface area contributed by atoms with Crippen molar-refractivity contribution in [3.05, 3.63) is 17.5 Å². The van der Waals surface area contributed by atoms with Gasteiger partial charge in [-0.15, -0.1) is 12.4 Å². The van der Waals surface area contributed by atoms with Gasteiger partial charge in [-0.1, -0.05) is 0 Å². The van der Waals surface area contributed by atoms with E-state index in [4.69, 9.17) is 0 Å². The second kappa shape index (κ2) is 7.19. The van der Waals surface area contributed by atoms with E-state index < -0.39 is 11.9 Å². The van der Waals surface area contributed by atoms with E-state index in [2.05, 4.69) is 20.4 Å². The minimum absolute atomic E-state index is 0. The predicted octanol–water partition coefficient (Wildman–Crippen LogP) is 2.81. The van der Waals surface area contributed by atoms with Crippen molar-refractivity contribution >= 4 is 12.4 Å². The highest BCUT2D eigenvalue weighted by atomic mass is 35.5. The summed E-state index contributed by atoms with van der Waals surface area (Å²) in [5, 5.41) is 9.42. The molecule has 126 valence electrons. The Morgan fingerprint density at radius 1 is 1.23 bits per heavy atom. The van der Waals surface area contributed by atoms with Crippen LogP contribution < -0.4 is 5.32 Å². The maximum atomic E-state index is 12.5. The zero-order valence-corrected chi connectivity index (χ0v) is 13.1. The van der Waals surface area contributed by atoms with Crippen LogP contribution >= 0.6 is 12.4 Å². The summed E-state index contributed by atoms with van der Waals surface area (Å²) in [6, 6.07) is 1.67. The third-order valence-electron chi connectivity index (χ3n) is 4.29. The van der Waals surface area contributed by atoms with E-state index in [0.717, 1.165) is 44.5 Å². The summed E-state index contributed by atoms with van der Waals surface area (Å²) >= 11 is 0. The van der Waals surface area contributed by atoms with Gasteiger partial charge in [-0.05, 0) is 44.2 Å². The van der Waals surface area contributed by atoms with Crippen LogP contribution in [-0.2, 0) is 12.7 Å². The number of likely N-dealkylation sites (tertiary alicyclic amines) is 1. The van der Waals surface area contributed by atoms with Gasteiger partial charge in [0.1, 0.15) is 0 Å². The average molecular weight is 339 g/mol. The van der Waals surface area contributed by atoms with Crippen LogP contribution in [0.25, 0.3) is 0 Å². The number of nitrogens with one attached hydrogen (secondary N) is 2. The molecule has 0 unspecified atom stereocenters. The number of aromatic amines is 1. The SMILES string of the molecule is Cl.FC(F)(F)c1cc(CN2CCC(NCC3CC3)CC2)[nH]n1. The molecule has 0 bridgehead atoms. The van der Waals surface area contributed by atoms with E-state index in [0.29, 0.717) is 18.3 Å². The summed E-state index contributed by atoms with van der Waals surface area (Å²) in [6.07, 6.45) is 0.467. The van der Waals surface area contributed by atoms with Crippen molar-refractivity contribution in [3.63, 3.8) is 0 Å². The third kappa shape index (κ3) is 4.86. The number of hydrogen-bond acceptors (Lipinski definition) is 3. The maximum absolute atomic E-state index is 12.5. The van der Waals surface area contributed by atoms with E-state index in [1.54, 1.807) is 0 Å². The fraction of sp³-hybridized carbons (Fsp3) is 0.786. The molecule has 4 nitrogen and oxygen atoms in total. The second-order valence-corrected chi connectivity index (χ2v) is 6.18. The fourth-order valence-electron chi connectivity index (χ4n) is 2.78. The van der Waals surface area contributed by atoms with Crippen molar-refractivity contribution in [1.29, 1.82) is 0 Å². The summed E-state index contributed by atoms with van der Waals surface area (Å²) in [6.45, 7) is 3.48. The summed E-state index contributed by atoms with van der Waals surface area (Å²) in [4.78, 5) is 2.18. The quantitative estimate of drug-likeness (QED) is 0.867. The molecule has 1 saturated carbocycles. The largest absolute Gasteiger partial charge is 0.435 e. The van der Waals surface area contributed by atoms with Gasteiger partial charge in [0.15, 0.2) is 5.69 Å². The minimum atomic E-state index is -4.37. The molecule has 2 aliphatic rings. The van der Waals surface area contributed by atoms with Crippen molar-refractivity contribution in [2.24, 2.45) is 5.92 Å². The molecule has 1 saturated heterocycles. The van der Waals surface area contributed by atoms with Crippen LogP contribution in [0.3, 0.4) is 0 Å². The number of aromatic nitrogens is 2. The highest BCUT2D eigenvalue weighted by Crippen LogP contribution is 2.29. The zero-order chi connectivity index (χ0) is 14.9. The van der Waals surface area contributed by atoms with Gasteiger partial charge in [0.05, 0.1) is 0 Å². The molecule has 0 spiro atoms. The first-order chi connectivity index (χ1) is 10.0. The molecule has 1 aliphatic heterocycles. The van der Waals surface area contributed by atoms with E-state index in [9.17, 15) is 13.2 Å². The van der Waals surface area contributed by atoms with Crippen molar-refractivity contribution in [1.82, 2.24) is 20.4 Å². The monoisotopic (exact) mass is 338 g/mol. The highest BCUT2D eigenvalue weighted by Gasteiger charge is 2.34. The normalized spacial score (nSPS) is 20.9. The number of nitrogens with zero attached hydrogens (tertiary/aromatic N) is 2. The molecule has 2 N–H and O–H groups in total. The third-order valence-corrected chi connectivity index (χ3v) is 4.29. The first-order valence-electron chi connectivity index (χ1n) is 7.58. The van der Waals surface area contributed by atoms with Crippen LogP contribution in [0.15, 0.2) is 6.07 Å². The lowest BCUT2D eigenvalue weighted by molar-refractivity contribution is -0.141.